The molecule has 6 nitrogen and oxygen atoms in total. The highest BCUT2D eigenvalue weighted by Crippen LogP contribution is 2.18. The van der Waals surface area contributed by atoms with E-state index in [9.17, 15) is 9.59 Å². The summed E-state index contributed by atoms with van der Waals surface area (Å²) in [4.78, 5) is 30.3. The molecule has 1 amide bonds. The van der Waals surface area contributed by atoms with Crippen LogP contribution in [-0.2, 0) is 0 Å². The SMILES string of the molecule is CC(=O)c1ccc2[nH]cc(/C=N/NC(=O)c3ccncc3)c2c1. The lowest BCUT2D eigenvalue weighted by Gasteiger charge is -1.99. The summed E-state index contributed by atoms with van der Waals surface area (Å²) in [5.41, 5.74) is 5.26. The number of hydrogen-bond donors (Lipinski definition) is 2. The molecule has 114 valence electrons. The maximum absolute atomic E-state index is 11.9. The molecule has 0 spiro atoms. The Morgan fingerprint density at radius 1 is 1.17 bits per heavy atom. The van der Waals surface area contributed by atoms with Crippen LogP contribution < -0.4 is 5.43 Å². The maximum Gasteiger partial charge on any atom is 0.271 e. The molecule has 0 atom stereocenters. The molecular weight excluding hydrogens is 292 g/mol. The van der Waals surface area contributed by atoms with Crippen LogP contribution >= 0.6 is 0 Å². The van der Waals surface area contributed by atoms with Crippen LogP contribution in [-0.4, -0.2) is 27.9 Å². The molecule has 0 aliphatic carbocycles. The molecule has 23 heavy (non-hydrogen) atoms. The van der Waals surface area contributed by atoms with Gasteiger partial charge in [0.05, 0.1) is 6.21 Å². The van der Waals surface area contributed by atoms with Gasteiger partial charge in [0, 0.05) is 46.2 Å². The van der Waals surface area contributed by atoms with Crippen LogP contribution in [0.25, 0.3) is 10.9 Å². The number of carbonyl (C=O) groups excluding carboxylic acids is 2. The molecule has 3 aromatic rings. The Morgan fingerprint density at radius 2 is 1.96 bits per heavy atom. The molecule has 0 aliphatic rings. The smallest absolute Gasteiger partial charge is 0.271 e. The molecule has 0 bridgehead atoms. The highest BCUT2D eigenvalue weighted by atomic mass is 16.2. The van der Waals surface area contributed by atoms with Crippen LogP contribution in [0.2, 0.25) is 0 Å². The summed E-state index contributed by atoms with van der Waals surface area (Å²) in [6.45, 7) is 1.52. The molecule has 0 unspecified atom stereocenters. The third-order valence-electron chi connectivity index (χ3n) is 3.43. The van der Waals surface area contributed by atoms with Gasteiger partial charge in [-0.3, -0.25) is 14.6 Å². The van der Waals surface area contributed by atoms with E-state index < -0.39 is 0 Å². The number of rotatable bonds is 4. The quantitative estimate of drug-likeness (QED) is 0.441. The number of ketones is 1. The monoisotopic (exact) mass is 306 g/mol. The number of benzene rings is 1. The zero-order chi connectivity index (χ0) is 16.2. The Bertz CT molecular complexity index is 897. The summed E-state index contributed by atoms with van der Waals surface area (Å²) in [5.74, 6) is -0.310. The highest BCUT2D eigenvalue weighted by Gasteiger charge is 2.06. The number of hydrazone groups is 1. The lowest BCUT2D eigenvalue weighted by molar-refractivity contribution is 0.0954. The van der Waals surface area contributed by atoms with Crippen molar-refractivity contribution >= 4 is 28.8 Å². The largest absolute Gasteiger partial charge is 0.361 e. The topological polar surface area (TPSA) is 87.2 Å². The fourth-order valence-electron chi connectivity index (χ4n) is 2.20. The van der Waals surface area contributed by atoms with Gasteiger partial charge in [0.25, 0.3) is 5.91 Å². The van der Waals surface area contributed by atoms with E-state index in [1.54, 1.807) is 49.1 Å². The summed E-state index contributed by atoms with van der Waals surface area (Å²) in [6.07, 6.45) is 6.40. The third kappa shape index (κ3) is 3.16. The van der Waals surface area contributed by atoms with E-state index in [4.69, 9.17) is 0 Å². The van der Waals surface area contributed by atoms with Crippen molar-refractivity contribution in [3.8, 4) is 0 Å². The Balaban J connectivity index is 1.80. The number of nitrogens with zero attached hydrogens (tertiary/aromatic N) is 2. The Hall–Kier alpha value is -3.28. The van der Waals surface area contributed by atoms with Gasteiger partial charge in [-0.25, -0.2) is 5.43 Å². The molecule has 1 aromatic carbocycles. The van der Waals surface area contributed by atoms with Gasteiger partial charge in [-0.15, -0.1) is 0 Å². The first-order chi connectivity index (χ1) is 11.1. The van der Waals surface area contributed by atoms with Gasteiger partial charge in [0.2, 0.25) is 0 Å². The van der Waals surface area contributed by atoms with Crippen molar-refractivity contribution in [1.82, 2.24) is 15.4 Å². The van der Waals surface area contributed by atoms with Crippen LogP contribution in [0.3, 0.4) is 0 Å². The van der Waals surface area contributed by atoms with Gasteiger partial charge in [0.15, 0.2) is 5.78 Å². The van der Waals surface area contributed by atoms with Gasteiger partial charge in [-0.1, -0.05) is 0 Å². The third-order valence-corrected chi connectivity index (χ3v) is 3.43. The van der Waals surface area contributed by atoms with E-state index in [2.05, 4.69) is 20.5 Å². The second-order valence-electron chi connectivity index (χ2n) is 5.00. The summed E-state index contributed by atoms with van der Waals surface area (Å²) >= 11 is 0. The molecule has 0 radical (unpaired) electrons. The van der Waals surface area contributed by atoms with Gasteiger partial charge in [-0.05, 0) is 37.3 Å². The van der Waals surface area contributed by atoms with Crippen LogP contribution in [0.15, 0.2) is 54.0 Å². The second-order valence-corrected chi connectivity index (χ2v) is 5.00. The van der Waals surface area contributed by atoms with E-state index >= 15 is 0 Å². The van der Waals surface area contributed by atoms with Crippen molar-refractivity contribution in [2.75, 3.05) is 0 Å². The average molecular weight is 306 g/mol. The van der Waals surface area contributed by atoms with Crippen LogP contribution in [0.5, 0.6) is 0 Å². The summed E-state index contributed by atoms with van der Waals surface area (Å²) in [6, 6.07) is 8.64. The number of carbonyl (C=O) groups is 2. The standard InChI is InChI=1S/C17H14N4O2/c1-11(22)13-2-3-16-15(8-13)14(9-19-16)10-20-21-17(23)12-4-6-18-7-5-12/h2-10,19H,1H3,(H,21,23)/b20-10+. The Morgan fingerprint density at radius 3 is 2.70 bits per heavy atom. The van der Waals surface area contributed by atoms with Gasteiger partial charge in [0.1, 0.15) is 0 Å². The lowest BCUT2D eigenvalue weighted by atomic mass is 10.1. The van der Waals surface area contributed by atoms with E-state index in [0.29, 0.717) is 11.1 Å². The number of nitrogens with one attached hydrogen (secondary N) is 2. The number of hydrogen-bond acceptors (Lipinski definition) is 4. The van der Waals surface area contributed by atoms with Gasteiger partial charge in [-0.2, -0.15) is 5.10 Å². The van der Waals surface area contributed by atoms with Crippen molar-refractivity contribution in [1.29, 1.82) is 0 Å². The van der Waals surface area contributed by atoms with Crippen molar-refractivity contribution in [3.63, 3.8) is 0 Å². The van der Waals surface area contributed by atoms with Crippen molar-refractivity contribution in [2.24, 2.45) is 5.10 Å². The Labute approximate surface area is 132 Å². The molecule has 3 rings (SSSR count). The number of aromatic amines is 1. The lowest BCUT2D eigenvalue weighted by Crippen LogP contribution is -2.17. The minimum atomic E-state index is -0.312. The highest BCUT2D eigenvalue weighted by molar-refractivity contribution is 6.04. The number of fused-ring (bicyclic) bond motifs is 1. The average Bonchev–Trinajstić information content (AvgIpc) is 2.98. The van der Waals surface area contributed by atoms with E-state index in [1.165, 1.54) is 6.92 Å². The zero-order valence-corrected chi connectivity index (χ0v) is 12.4. The number of aromatic nitrogens is 2. The fourth-order valence-corrected chi connectivity index (χ4v) is 2.20. The first-order valence-corrected chi connectivity index (χ1v) is 7.00. The molecule has 0 aliphatic heterocycles. The predicted molar refractivity (Wildman–Crippen MR) is 87.6 cm³/mol. The minimum Gasteiger partial charge on any atom is -0.361 e. The normalized spacial score (nSPS) is 11.0. The Kier molecular flexibility index (Phi) is 3.97. The molecule has 2 heterocycles. The zero-order valence-electron chi connectivity index (χ0n) is 12.4. The molecule has 0 fully saturated rings. The van der Waals surface area contributed by atoms with Crippen LogP contribution in [0.1, 0.15) is 33.2 Å². The number of pyridine rings is 1. The van der Waals surface area contributed by atoms with Crippen molar-refractivity contribution in [2.45, 2.75) is 6.92 Å². The van der Waals surface area contributed by atoms with Gasteiger partial charge < -0.3 is 4.98 Å². The van der Waals surface area contributed by atoms with E-state index in [0.717, 1.165) is 16.5 Å². The first-order valence-electron chi connectivity index (χ1n) is 7.00. The molecule has 6 heteroatoms. The van der Waals surface area contributed by atoms with Crippen LogP contribution in [0.4, 0.5) is 0 Å². The molecular formula is C17H14N4O2. The van der Waals surface area contributed by atoms with Crippen LogP contribution in [0, 0.1) is 0 Å². The fraction of sp³-hybridized carbons (Fsp3) is 0.0588. The molecule has 2 aromatic heterocycles. The summed E-state index contributed by atoms with van der Waals surface area (Å²) in [5, 5.41) is 4.84. The van der Waals surface area contributed by atoms with Gasteiger partial charge >= 0.3 is 0 Å². The predicted octanol–water partition coefficient (Wildman–Crippen LogP) is 2.53. The number of amides is 1. The number of Topliss-reactive ketones (excluding diaryl/α,β-unsaturated/α-hetero) is 1. The summed E-state index contributed by atoms with van der Waals surface area (Å²) in [7, 11) is 0. The second kappa shape index (κ2) is 6.23. The molecule has 0 saturated carbocycles. The summed E-state index contributed by atoms with van der Waals surface area (Å²) < 4.78 is 0. The van der Waals surface area contributed by atoms with E-state index in [-0.39, 0.29) is 11.7 Å². The molecule has 2 N–H and O–H groups in total. The maximum atomic E-state index is 11.9. The van der Waals surface area contributed by atoms with E-state index in [1.807, 2.05) is 6.07 Å². The van der Waals surface area contributed by atoms with Crippen molar-refractivity contribution < 1.29 is 9.59 Å². The number of H-pyrrole nitrogens is 1. The minimum absolute atomic E-state index is 0.00183. The first kappa shape index (κ1) is 14.6. The molecule has 0 saturated heterocycles. The van der Waals surface area contributed by atoms with Crippen molar-refractivity contribution in [3.05, 3.63) is 65.6 Å².